The maximum absolute atomic E-state index is 3.51. The molecule has 13 heavy (non-hydrogen) atoms. The Hall–Kier alpha value is 0.400. The third-order valence-electron chi connectivity index (χ3n) is 1.51. The zero-order valence-electron chi connectivity index (χ0n) is 6.88. The van der Waals surface area contributed by atoms with E-state index in [1.165, 1.54) is 5.56 Å². The van der Waals surface area contributed by atoms with Gasteiger partial charge >= 0.3 is 0 Å². The number of allylic oxidation sites excluding steroid dienone is 1. The van der Waals surface area contributed by atoms with Crippen molar-refractivity contribution in [2.45, 2.75) is 4.83 Å². The lowest BCUT2D eigenvalue weighted by Gasteiger charge is -1.97. The van der Waals surface area contributed by atoms with E-state index in [2.05, 4.69) is 72.1 Å². The Labute approximate surface area is 104 Å². The normalized spacial score (nSPS) is 13.5. The summed E-state index contributed by atoms with van der Waals surface area (Å²) in [6.45, 7) is 0. The molecule has 0 saturated heterocycles. The monoisotopic (exact) mass is 366 g/mol. The van der Waals surface area contributed by atoms with Crippen LogP contribution in [-0.2, 0) is 0 Å². The van der Waals surface area contributed by atoms with Crippen LogP contribution >= 0.6 is 47.8 Å². The Morgan fingerprint density at radius 3 is 2.38 bits per heavy atom. The smallest absolute Gasteiger partial charge is 0.0425 e. The van der Waals surface area contributed by atoms with Crippen molar-refractivity contribution in [3.63, 3.8) is 0 Å². The van der Waals surface area contributed by atoms with Gasteiger partial charge in [0.15, 0.2) is 0 Å². The molecule has 0 radical (unpaired) electrons. The third kappa shape index (κ3) is 4.43. The van der Waals surface area contributed by atoms with Gasteiger partial charge in [-0.05, 0) is 17.7 Å². The number of rotatable bonds is 3. The molecule has 0 bridgehead atoms. The molecule has 1 rings (SSSR count). The van der Waals surface area contributed by atoms with Gasteiger partial charge < -0.3 is 0 Å². The minimum absolute atomic E-state index is 0.399. The molecular weight excluding hydrogens is 360 g/mol. The average molecular weight is 369 g/mol. The Morgan fingerprint density at radius 2 is 1.85 bits per heavy atom. The fourth-order valence-corrected chi connectivity index (χ4v) is 1.47. The molecule has 0 heterocycles. The second kappa shape index (κ2) is 5.99. The molecule has 0 aliphatic carbocycles. The van der Waals surface area contributed by atoms with Crippen LogP contribution in [0.4, 0.5) is 0 Å². The minimum atomic E-state index is 0.399. The highest BCUT2D eigenvalue weighted by Crippen LogP contribution is 2.13. The lowest BCUT2D eigenvalue weighted by atomic mass is 10.2. The molecule has 0 fully saturated rings. The van der Waals surface area contributed by atoms with Gasteiger partial charge in [0.05, 0.1) is 0 Å². The molecule has 0 aliphatic heterocycles. The van der Waals surface area contributed by atoms with Gasteiger partial charge in [-0.2, -0.15) is 0 Å². The van der Waals surface area contributed by atoms with Gasteiger partial charge in [-0.15, -0.1) is 0 Å². The van der Waals surface area contributed by atoms with Crippen LogP contribution in [0.2, 0.25) is 0 Å². The molecule has 3 heteroatoms. The van der Waals surface area contributed by atoms with Crippen molar-refractivity contribution < 1.29 is 0 Å². The largest absolute Gasteiger partial charge is 0.0913 e. The molecule has 1 unspecified atom stereocenters. The lowest BCUT2D eigenvalue weighted by Crippen LogP contribution is -1.91. The highest BCUT2D eigenvalue weighted by molar-refractivity contribution is 9.12. The van der Waals surface area contributed by atoms with Crippen LogP contribution < -0.4 is 0 Å². The number of hydrogen-bond acceptors (Lipinski definition) is 0. The first-order valence-corrected chi connectivity index (χ1v) is 6.69. The fraction of sp³-hybridized carbons (Fsp3) is 0.200. The molecular formula is C10H9Br3. The third-order valence-corrected chi connectivity index (χ3v) is 4.24. The van der Waals surface area contributed by atoms with Gasteiger partial charge in [0.2, 0.25) is 0 Å². The predicted octanol–water partition coefficient (Wildman–Crippen LogP) is 4.62. The molecule has 0 aliphatic rings. The standard InChI is InChI=1S/C10H9Br3/c11-7-10(13)6-3-8-1-4-9(12)5-2-8/h1-6,10H,7H2/b6-3+. The van der Waals surface area contributed by atoms with E-state index in [0.29, 0.717) is 4.83 Å². The van der Waals surface area contributed by atoms with Gasteiger partial charge in [-0.25, -0.2) is 0 Å². The van der Waals surface area contributed by atoms with E-state index < -0.39 is 0 Å². The van der Waals surface area contributed by atoms with Crippen LogP contribution in [0, 0.1) is 0 Å². The van der Waals surface area contributed by atoms with Gasteiger partial charge in [-0.3, -0.25) is 0 Å². The van der Waals surface area contributed by atoms with Gasteiger partial charge in [0, 0.05) is 14.6 Å². The second-order valence-electron chi connectivity index (χ2n) is 2.58. The van der Waals surface area contributed by atoms with E-state index >= 15 is 0 Å². The zero-order valence-corrected chi connectivity index (χ0v) is 11.6. The second-order valence-corrected chi connectivity index (χ2v) is 5.32. The number of hydrogen-bond donors (Lipinski definition) is 0. The predicted molar refractivity (Wildman–Crippen MR) is 69.7 cm³/mol. The summed E-state index contributed by atoms with van der Waals surface area (Å²) < 4.78 is 1.11. The Bertz CT molecular complexity index is 277. The molecule has 0 saturated carbocycles. The lowest BCUT2D eigenvalue weighted by molar-refractivity contribution is 1.32. The quantitative estimate of drug-likeness (QED) is 0.683. The fourth-order valence-electron chi connectivity index (χ4n) is 0.841. The maximum Gasteiger partial charge on any atom is 0.0425 e. The van der Waals surface area contributed by atoms with Crippen molar-refractivity contribution in [1.29, 1.82) is 0 Å². The van der Waals surface area contributed by atoms with Crippen molar-refractivity contribution in [3.05, 3.63) is 40.4 Å². The molecule has 0 amide bonds. The molecule has 1 atom stereocenters. The Balaban J connectivity index is 2.64. The van der Waals surface area contributed by atoms with Crippen molar-refractivity contribution in [2.24, 2.45) is 0 Å². The van der Waals surface area contributed by atoms with Crippen LogP contribution in [0.5, 0.6) is 0 Å². The SMILES string of the molecule is BrCC(Br)/C=C/c1ccc(Br)cc1. The number of alkyl halides is 2. The van der Waals surface area contributed by atoms with Crippen LogP contribution in [0.25, 0.3) is 6.08 Å². The topological polar surface area (TPSA) is 0 Å². The maximum atomic E-state index is 3.51. The molecule has 1 aromatic carbocycles. The number of halogens is 3. The molecule has 0 aromatic heterocycles. The Kier molecular flexibility index (Phi) is 5.29. The van der Waals surface area contributed by atoms with Crippen molar-refractivity contribution in [2.75, 3.05) is 5.33 Å². The summed E-state index contributed by atoms with van der Waals surface area (Å²) in [6, 6.07) is 8.23. The van der Waals surface area contributed by atoms with E-state index in [0.717, 1.165) is 9.80 Å². The molecule has 0 spiro atoms. The van der Waals surface area contributed by atoms with E-state index in [1.54, 1.807) is 0 Å². The van der Waals surface area contributed by atoms with E-state index in [9.17, 15) is 0 Å². The Morgan fingerprint density at radius 1 is 1.23 bits per heavy atom. The summed E-state index contributed by atoms with van der Waals surface area (Å²) in [5, 5.41) is 0.931. The summed E-state index contributed by atoms with van der Waals surface area (Å²) in [5.41, 5.74) is 1.22. The molecule has 0 nitrogen and oxygen atoms in total. The highest BCUT2D eigenvalue weighted by atomic mass is 79.9. The molecule has 0 N–H and O–H groups in total. The summed E-state index contributed by atoms with van der Waals surface area (Å²) in [4.78, 5) is 0.399. The summed E-state index contributed by atoms with van der Waals surface area (Å²) in [6.07, 6.45) is 4.23. The number of benzene rings is 1. The van der Waals surface area contributed by atoms with Crippen molar-refractivity contribution in [3.8, 4) is 0 Å². The van der Waals surface area contributed by atoms with Crippen LogP contribution in [-0.4, -0.2) is 10.2 Å². The van der Waals surface area contributed by atoms with Crippen LogP contribution in [0.1, 0.15) is 5.56 Å². The first-order valence-electron chi connectivity index (χ1n) is 3.86. The van der Waals surface area contributed by atoms with Gasteiger partial charge in [-0.1, -0.05) is 72.1 Å². The van der Waals surface area contributed by atoms with Gasteiger partial charge in [0.1, 0.15) is 0 Å². The highest BCUT2D eigenvalue weighted by Gasteiger charge is 1.94. The van der Waals surface area contributed by atoms with Crippen LogP contribution in [0.15, 0.2) is 34.8 Å². The summed E-state index contributed by atoms with van der Waals surface area (Å²) in [5.74, 6) is 0. The molecule has 1 aromatic rings. The first-order chi connectivity index (χ1) is 6.22. The zero-order chi connectivity index (χ0) is 9.68. The minimum Gasteiger partial charge on any atom is -0.0913 e. The van der Waals surface area contributed by atoms with E-state index in [-0.39, 0.29) is 0 Å². The van der Waals surface area contributed by atoms with Crippen molar-refractivity contribution >= 4 is 53.9 Å². The van der Waals surface area contributed by atoms with E-state index in [1.807, 2.05) is 12.1 Å². The molecule has 70 valence electrons. The average Bonchev–Trinajstić information content (AvgIpc) is 2.16. The van der Waals surface area contributed by atoms with Crippen molar-refractivity contribution in [1.82, 2.24) is 0 Å². The summed E-state index contributed by atoms with van der Waals surface area (Å²) in [7, 11) is 0. The first kappa shape index (κ1) is 11.5. The van der Waals surface area contributed by atoms with Gasteiger partial charge in [0.25, 0.3) is 0 Å². The van der Waals surface area contributed by atoms with E-state index in [4.69, 9.17) is 0 Å². The van der Waals surface area contributed by atoms with Crippen LogP contribution in [0.3, 0.4) is 0 Å². The summed E-state index contributed by atoms with van der Waals surface area (Å²) >= 11 is 10.3.